The van der Waals surface area contributed by atoms with E-state index in [9.17, 15) is 0 Å². The van der Waals surface area contributed by atoms with Gasteiger partial charge in [-0.2, -0.15) is 9.90 Å². The highest BCUT2D eigenvalue weighted by Gasteiger charge is 1.88. The molecule has 0 heterocycles. The van der Waals surface area contributed by atoms with Crippen LogP contribution in [0.2, 0.25) is 0 Å². The fraction of sp³-hybridized carbons (Fsp3) is 1.00. The van der Waals surface area contributed by atoms with Gasteiger partial charge in [0.1, 0.15) is 0 Å². The molecule has 0 radical (unpaired) electrons. The average molecular weight is 178 g/mol. The summed E-state index contributed by atoms with van der Waals surface area (Å²) in [7, 11) is 0. The largest absolute Gasteiger partial charge is 0.396 e. The van der Waals surface area contributed by atoms with Crippen molar-refractivity contribution in [3.8, 4) is 0 Å². The van der Waals surface area contributed by atoms with Crippen LogP contribution in [0.15, 0.2) is 0 Å². The van der Waals surface area contributed by atoms with Crippen LogP contribution in [0.3, 0.4) is 0 Å². The van der Waals surface area contributed by atoms with Crippen molar-refractivity contribution in [3.63, 3.8) is 0 Å². The molecule has 0 aliphatic heterocycles. The van der Waals surface area contributed by atoms with E-state index in [2.05, 4.69) is 6.92 Å². The van der Waals surface area contributed by atoms with E-state index in [-0.39, 0.29) is 9.90 Å². The van der Waals surface area contributed by atoms with Gasteiger partial charge >= 0.3 is 0 Å². The monoisotopic (exact) mass is 178 g/mol. The molecule has 1 unspecified atom stereocenters. The number of rotatable bonds is 7. The van der Waals surface area contributed by atoms with Gasteiger partial charge < -0.3 is 5.11 Å². The Labute approximate surface area is 74.2 Å². The maximum absolute atomic E-state index is 8.47. The summed E-state index contributed by atoms with van der Waals surface area (Å²) in [6, 6.07) is 0. The van der Waals surface area contributed by atoms with E-state index in [4.69, 9.17) is 5.11 Å². The maximum atomic E-state index is 8.47. The van der Waals surface area contributed by atoms with Crippen molar-refractivity contribution in [3.05, 3.63) is 0 Å². The number of hydrogen-bond acceptors (Lipinski definition) is 1. The van der Waals surface area contributed by atoms with Crippen molar-refractivity contribution in [2.45, 2.75) is 51.9 Å². The van der Waals surface area contributed by atoms with Crippen LogP contribution >= 0.6 is 9.90 Å². The molecule has 0 saturated carbocycles. The Morgan fingerprint density at radius 1 is 0.818 bits per heavy atom. The molecule has 1 N–H and O–H groups in total. The van der Waals surface area contributed by atoms with Crippen molar-refractivity contribution in [1.82, 2.24) is 0 Å². The zero-order valence-corrected chi connectivity index (χ0v) is 9.23. The number of hydrogen-bond donors (Lipinski definition) is 1. The van der Waals surface area contributed by atoms with E-state index < -0.39 is 0 Å². The number of unbranched alkanes of at least 4 members (excludes halogenated alkanes) is 6. The van der Waals surface area contributed by atoms with Crippen LogP contribution in [0.25, 0.3) is 0 Å². The molecule has 0 amide bonds. The summed E-state index contributed by atoms with van der Waals surface area (Å²) in [4.78, 5) is 0. The normalized spacial score (nSPS) is 9.27. The van der Waals surface area contributed by atoms with Gasteiger partial charge in [0.15, 0.2) is 0 Å². The lowest BCUT2D eigenvalue weighted by Gasteiger charge is -1.97. The Morgan fingerprint density at radius 2 is 1.27 bits per heavy atom. The first-order chi connectivity index (χ1) is 4.91. The summed E-state index contributed by atoms with van der Waals surface area (Å²) in [5, 5.41) is 8.47. The molecule has 0 bridgehead atoms. The van der Waals surface area contributed by atoms with E-state index in [1.807, 2.05) is 0 Å². The Morgan fingerprint density at radius 3 is 1.73 bits per heavy atom. The van der Waals surface area contributed by atoms with Gasteiger partial charge in [0.25, 0.3) is 0 Å². The third kappa shape index (κ3) is 13.4. The number of aliphatic hydroxyl groups excluding tert-OH is 1. The van der Waals surface area contributed by atoms with Gasteiger partial charge in [-0.15, -0.1) is 0 Å². The lowest BCUT2D eigenvalue weighted by molar-refractivity contribution is 0.282. The zero-order chi connectivity index (χ0) is 7.66. The molecule has 0 aliphatic carbocycles. The molecule has 0 aliphatic rings. The molecule has 11 heavy (non-hydrogen) atoms. The minimum atomic E-state index is 0. The summed E-state index contributed by atoms with van der Waals surface area (Å²) in [6.07, 6.45) is 8.93. The third-order valence-corrected chi connectivity index (χ3v) is 1.76. The summed E-state index contributed by atoms with van der Waals surface area (Å²) < 4.78 is 0. The Kier molecular flexibility index (Phi) is 16.5. The average Bonchev–Trinajstić information content (AvgIpc) is 1.97. The van der Waals surface area contributed by atoms with Crippen LogP contribution in [-0.2, 0) is 0 Å². The van der Waals surface area contributed by atoms with E-state index >= 15 is 0 Å². The second-order valence-electron chi connectivity index (χ2n) is 2.84. The molecular formula is C9H23OP. The summed E-state index contributed by atoms with van der Waals surface area (Å²) in [6.45, 7) is 2.60. The highest BCUT2D eigenvalue weighted by molar-refractivity contribution is 6.92. The van der Waals surface area contributed by atoms with E-state index in [1.165, 1.54) is 38.5 Å². The Bertz CT molecular complexity index is 49.5. The van der Waals surface area contributed by atoms with E-state index in [0.29, 0.717) is 6.61 Å². The highest BCUT2D eigenvalue weighted by Crippen LogP contribution is 2.05. The van der Waals surface area contributed by atoms with Crippen molar-refractivity contribution < 1.29 is 5.11 Å². The van der Waals surface area contributed by atoms with E-state index in [1.54, 1.807) is 0 Å². The minimum Gasteiger partial charge on any atom is -0.396 e. The van der Waals surface area contributed by atoms with Gasteiger partial charge in [0, 0.05) is 6.61 Å². The first-order valence-electron chi connectivity index (χ1n) is 4.52. The highest BCUT2D eigenvalue weighted by atomic mass is 31.0. The lowest BCUT2D eigenvalue weighted by atomic mass is 10.1. The predicted molar refractivity (Wildman–Crippen MR) is 56.2 cm³/mol. The van der Waals surface area contributed by atoms with Crippen molar-refractivity contribution in [1.29, 1.82) is 0 Å². The second kappa shape index (κ2) is 13.0. The molecule has 0 saturated heterocycles. The molecule has 2 heteroatoms. The first kappa shape index (κ1) is 13.9. The van der Waals surface area contributed by atoms with Gasteiger partial charge in [-0.25, -0.2) is 0 Å². The van der Waals surface area contributed by atoms with Crippen LogP contribution in [0.4, 0.5) is 0 Å². The van der Waals surface area contributed by atoms with Gasteiger partial charge in [-0.05, 0) is 6.42 Å². The second-order valence-corrected chi connectivity index (χ2v) is 2.84. The molecule has 0 aromatic carbocycles. The Balaban J connectivity index is 0. The fourth-order valence-corrected chi connectivity index (χ4v) is 1.07. The molecule has 0 aromatic heterocycles. The minimum absolute atomic E-state index is 0. The van der Waals surface area contributed by atoms with Gasteiger partial charge in [-0.1, -0.05) is 45.4 Å². The SMILES string of the molecule is CCCCCCCCCO.P. The summed E-state index contributed by atoms with van der Waals surface area (Å²) in [5.41, 5.74) is 0. The lowest BCUT2D eigenvalue weighted by Crippen LogP contribution is -1.83. The first-order valence-corrected chi connectivity index (χ1v) is 4.52. The Hall–Kier alpha value is 0.390. The zero-order valence-electron chi connectivity index (χ0n) is 7.81. The predicted octanol–water partition coefficient (Wildman–Crippen LogP) is 2.79. The molecule has 0 aromatic rings. The number of aliphatic hydroxyl groups is 1. The van der Waals surface area contributed by atoms with Gasteiger partial charge in [-0.3, -0.25) is 0 Å². The summed E-state index contributed by atoms with van der Waals surface area (Å²) >= 11 is 0. The van der Waals surface area contributed by atoms with Crippen LogP contribution in [0.1, 0.15) is 51.9 Å². The van der Waals surface area contributed by atoms with Crippen LogP contribution in [0, 0.1) is 0 Å². The maximum Gasteiger partial charge on any atom is 0.0431 e. The van der Waals surface area contributed by atoms with Crippen molar-refractivity contribution in [2.24, 2.45) is 0 Å². The van der Waals surface area contributed by atoms with E-state index in [0.717, 1.165) is 6.42 Å². The third-order valence-electron chi connectivity index (χ3n) is 1.76. The topological polar surface area (TPSA) is 20.2 Å². The van der Waals surface area contributed by atoms with Crippen LogP contribution in [0.5, 0.6) is 0 Å². The summed E-state index contributed by atoms with van der Waals surface area (Å²) in [5.74, 6) is 0. The smallest absolute Gasteiger partial charge is 0.0431 e. The van der Waals surface area contributed by atoms with Crippen LogP contribution < -0.4 is 0 Å². The molecule has 0 spiro atoms. The quantitative estimate of drug-likeness (QED) is 0.469. The molecule has 1 nitrogen and oxygen atoms in total. The molecule has 0 rings (SSSR count). The van der Waals surface area contributed by atoms with Crippen LogP contribution in [-0.4, -0.2) is 11.7 Å². The van der Waals surface area contributed by atoms with Gasteiger partial charge in [0.2, 0.25) is 0 Å². The molecule has 70 valence electrons. The fourth-order valence-electron chi connectivity index (χ4n) is 1.07. The molecule has 1 atom stereocenters. The van der Waals surface area contributed by atoms with Crippen molar-refractivity contribution >= 4 is 9.90 Å². The van der Waals surface area contributed by atoms with Gasteiger partial charge in [0.05, 0.1) is 0 Å². The van der Waals surface area contributed by atoms with Crippen molar-refractivity contribution in [2.75, 3.05) is 6.61 Å². The standard InChI is InChI=1S/C9H20O.H3P/c1-2-3-4-5-6-7-8-9-10;/h10H,2-9H2,1H3;1H3. The molecule has 0 fully saturated rings. The molecular weight excluding hydrogens is 155 g/mol.